The molecule has 0 spiro atoms. The summed E-state index contributed by atoms with van der Waals surface area (Å²) < 4.78 is 38.7. The molecule has 2 aromatic rings. The third-order valence-corrected chi connectivity index (χ3v) is 5.77. The summed E-state index contributed by atoms with van der Waals surface area (Å²) in [5, 5.41) is 13.5. The van der Waals surface area contributed by atoms with Gasteiger partial charge in [-0.3, -0.25) is 9.89 Å². The average molecular weight is 443 g/mol. The molecule has 0 unspecified atom stereocenters. The lowest BCUT2D eigenvalue weighted by Crippen LogP contribution is -2.38. The van der Waals surface area contributed by atoms with Crippen molar-refractivity contribution in [1.29, 1.82) is 0 Å². The van der Waals surface area contributed by atoms with Crippen molar-refractivity contribution in [1.82, 2.24) is 15.5 Å². The zero-order valence-electron chi connectivity index (χ0n) is 16.8. The third kappa shape index (κ3) is 5.90. The van der Waals surface area contributed by atoms with Crippen LogP contribution in [0, 0.1) is 5.92 Å². The van der Waals surface area contributed by atoms with Crippen molar-refractivity contribution in [2.24, 2.45) is 5.92 Å². The number of anilines is 1. The number of nitrogens with one attached hydrogen (secondary N) is 3. The van der Waals surface area contributed by atoms with Gasteiger partial charge < -0.3 is 10.6 Å². The predicted molar refractivity (Wildman–Crippen MR) is 111 cm³/mol. The molecule has 1 aromatic heterocycles. The normalized spacial score (nSPS) is 19.5. The summed E-state index contributed by atoms with van der Waals surface area (Å²) in [5.74, 6) is 0.738. The number of aromatic amines is 1. The smallest absolute Gasteiger partial charge is 0.368 e. The zero-order chi connectivity index (χ0) is 21.7. The second kappa shape index (κ2) is 9.73. The number of alkyl halides is 3. The van der Waals surface area contributed by atoms with Crippen LogP contribution in [0.1, 0.15) is 60.6 Å². The van der Waals surface area contributed by atoms with Crippen molar-refractivity contribution in [3.8, 4) is 0 Å². The number of carbonyl (C=O) groups is 1. The summed E-state index contributed by atoms with van der Waals surface area (Å²) in [4.78, 5) is 12.5. The lowest BCUT2D eigenvalue weighted by molar-refractivity contribution is -0.137. The molecule has 1 heterocycles. The van der Waals surface area contributed by atoms with Crippen LogP contribution < -0.4 is 10.6 Å². The van der Waals surface area contributed by atoms with Crippen LogP contribution in [0.4, 0.5) is 19.0 Å². The van der Waals surface area contributed by atoms with Crippen LogP contribution in [-0.2, 0) is 12.6 Å². The van der Waals surface area contributed by atoms with E-state index in [0.717, 1.165) is 74.8 Å². The van der Waals surface area contributed by atoms with Gasteiger partial charge in [0.1, 0.15) is 5.82 Å². The molecule has 1 saturated carbocycles. The summed E-state index contributed by atoms with van der Waals surface area (Å²) in [6.07, 6.45) is 0.891. The van der Waals surface area contributed by atoms with Gasteiger partial charge in [-0.05, 0) is 56.2 Å². The number of rotatable bonds is 7. The van der Waals surface area contributed by atoms with Gasteiger partial charge in [0.2, 0.25) is 0 Å². The Labute approximate surface area is 178 Å². The second-order valence-electron chi connectivity index (χ2n) is 7.79. The van der Waals surface area contributed by atoms with Gasteiger partial charge in [0.05, 0.1) is 16.1 Å². The van der Waals surface area contributed by atoms with Gasteiger partial charge >= 0.3 is 6.18 Å². The van der Waals surface area contributed by atoms with Crippen molar-refractivity contribution in [3.05, 3.63) is 46.1 Å². The highest BCUT2D eigenvalue weighted by molar-refractivity contribution is 6.33. The largest absolute Gasteiger partial charge is 0.416 e. The molecule has 0 bridgehead atoms. The number of benzene rings is 1. The monoisotopic (exact) mass is 442 g/mol. The minimum absolute atomic E-state index is 0.0137. The zero-order valence-corrected chi connectivity index (χ0v) is 17.5. The minimum Gasteiger partial charge on any atom is -0.368 e. The molecule has 1 amide bonds. The fourth-order valence-electron chi connectivity index (χ4n) is 3.75. The number of aryl methyl sites for hydroxylation is 1. The molecule has 5 nitrogen and oxygen atoms in total. The quantitative estimate of drug-likeness (QED) is 0.535. The van der Waals surface area contributed by atoms with Crippen molar-refractivity contribution < 1.29 is 18.0 Å². The number of carbonyl (C=O) groups excluding carboxylic acids is 1. The topological polar surface area (TPSA) is 69.8 Å². The van der Waals surface area contributed by atoms with Crippen molar-refractivity contribution in [2.75, 3.05) is 11.9 Å². The molecule has 1 aliphatic carbocycles. The Hall–Kier alpha value is -2.22. The minimum atomic E-state index is -4.52. The van der Waals surface area contributed by atoms with E-state index in [1.54, 1.807) is 0 Å². The summed E-state index contributed by atoms with van der Waals surface area (Å²) >= 11 is 5.96. The molecule has 1 fully saturated rings. The predicted octanol–water partition coefficient (Wildman–Crippen LogP) is 5.44. The Balaban J connectivity index is 1.48. The van der Waals surface area contributed by atoms with E-state index in [0.29, 0.717) is 5.92 Å². The van der Waals surface area contributed by atoms with Gasteiger partial charge in [0.25, 0.3) is 5.91 Å². The van der Waals surface area contributed by atoms with Crippen molar-refractivity contribution in [2.45, 2.75) is 57.7 Å². The second-order valence-corrected chi connectivity index (χ2v) is 8.20. The van der Waals surface area contributed by atoms with E-state index in [1.807, 2.05) is 6.07 Å². The van der Waals surface area contributed by atoms with E-state index < -0.39 is 17.6 Å². The summed E-state index contributed by atoms with van der Waals surface area (Å²) in [6.45, 7) is 2.92. The molecule has 1 aliphatic rings. The van der Waals surface area contributed by atoms with E-state index in [-0.39, 0.29) is 16.6 Å². The number of halogens is 4. The van der Waals surface area contributed by atoms with Crippen LogP contribution in [0.5, 0.6) is 0 Å². The lowest BCUT2D eigenvalue weighted by Gasteiger charge is -2.29. The van der Waals surface area contributed by atoms with Crippen LogP contribution in [0.25, 0.3) is 0 Å². The number of H-pyrrole nitrogens is 1. The number of hydrogen-bond acceptors (Lipinski definition) is 3. The number of aromatic nitrogens is 2. The maximum atomic E-state index is 12.9. The van der Waals surface area contributed by atoms with Gasteiger partial charge in [-0.25, -0.2) is 0 Å². The van der Waals surface area contributed by atoms with E-state index in [2.05, 4.69) is 27.8 Å². The Morgan fingerprint density at radius 2 is 1.97 bits per heavy atom. The highest BCUT2D eigenvalue weighted by atomic mass is 35.5. The Kier molecular flexibility index (Phi) is 7.28. The molecule has 164 valence electrons. The van der Waals surface area contributed by atoms with Crippen LogP contribution in [0.15, 0.2) is 24.3 Å². The molecule has 30 heavy (non-hydrogen) atoms. The maximum absolute atomic E-state index is 12.9. The molecule has 0 atom stereocenters. The summed E-state index contributed by atoms with van der Waals surface area (Å²) in [6, 6.07) is 4.75. The van der Waals surface area contributed by atoms with Gasteiger partial charge in [0, 0.05) is 24.3 Å². The molecule has 3 rings (SSSR count). The molecule has 3 N–H and O–H groups in total. The van der Waals surface area contributed by atoms with Crippen molar-refractivity contribution >= 4 is 23.3 Å². The first-order valence-corrected chi connectivity index (χ1v) is 10.6. The van der Waals surface area contributed by atoms with Gasteiger partial charge in [-0.15, -0.1) is 0 Å². The van der Waals surface area contributed by atoms with Gasteiger partial charge in [-0.2, -0.15) is 18.3 Å². The van der Waals surface area contributed by atoms with E-state index >= 15 is 0 Å². The third-order valence-electron chi connectivity index (χ3n) is 5.44. The first-order chi connectivity index (χ1) is 14.3. The van der Waals surface area contributed by atoms with Crippen LogP contribution >= 0.6 is 11.6 Å². The Morgan fingerprint density at radius 1 is 1.23 bits per heavy atom. The number of hydrogen-bond donors (Lipinski definition) is 3. The fourth-order valence-corrected chi connectivity index (χ4v) is 3.95. The first-order valence-electron chi connectivity index (χ1n) is 10.2. The molecule has 9 heteroatoms. The van der Waals surface area contributed by atoms with Gasteiger partial charge in [-0.1, -0.05) is 24.9 Å². The lowest BCUT2D eigenvalue weighted by atomic mass is 9.86. The Morgan fingerprint density at radius 3 is 2.63 bits per heavy atom. The average Bonchev–Trinajstić information content (AvgIpc) is 3.14. The SMILES string of the molecule is CCCc1cc(NCC2CCC(NC(=O)c3cc(C(F)(F)F)ccc3Cl)CC2)n[nH]1. The number of amides is 1. The molecule has 0 aliphatic heterocycles. The Bertz CT molecular complexity index is 860. The molecular weight excluding hydrogens is 417 g/mol. The highest BCUT2D eigenvalue weighted by Crippen LogP contribution is 2.32. The van der Waals surface area contributed by atoms with Gasteiger partial charge in [0.15, 0.2) is 0 Å². The first kappa shape index (κ1) is 22.5. The van der Waals surface area contributed by atoms with E-state index in [4.69, 9.17) is 11.6 Å². The van der Waals surface area contributed by atoms with Crippen molar-refractivity contribution in [3.63, 3.8) is 0 Å². The van der Waals surface area contributed by atoms with Crippen LogP contribution in [0.2, 0.25) is 5.02 Å². The maximum Gasteiger partial charge on any atom is 0.416 e. The molecular formula is C21H26ClF3N4O. The standard InChI is InChI=1S/C21H26ClF3N4O/c1-2-3-16-11-19(29-28-16)26-12-13-4-7-15(8-5-13)27-20(30)17-10-14(21(23,24)25)6-9-18(17)22/h6,9-11,13,15H,2-5,7-8,12H2,1H3,(H,27,30)(H2,26,28,29). The number of nitrogens with zero attached hydrogens (tertiary/aromatic N) is 1. The fraction of sp³-hybridized carbons (Fsp3) is 0.524. The van der Waals surface area contributed by atoms with E-state index in [9.17, 15) is 18.0 Å². The molecule has 1 aromatic carbocycles. The van der Waals surface area contributed by atoms with Crippen LogP contribution in [0.3, 0.4) is 0 Å². The van der Waals surface area contributed by atoms with Crippen LogP contribution in [-0.4, -0.2) is 28.7 Å². The highest BCUT2D eigenvalue weighted by Gasteiger charge is 2.32. The summed E-state index contributed by atoms with van der Waals surface area (Å²) in [7, 11) is 0. The molecule has 0 radical (unpaired) electrons. The van der Waals surface area contributed by atoms with E-state index in [1.165, 1.54) is 0 Å². The molecule has 0 saturated heterocycles. The summed E-state index contributed by atoms with van der Waals surface area (Å²) in [5.41, 5.74) is 0.0867.